The molecule has 0 bridgehead atoms. The number of piperidine rings is 3. The summed E-state index contributed by atoms with van der Waals surface area (Å²) in [5.74, 6) is -0.785. The Morgan fingerprint density at radius 2 is 1.42 bits per heavy atom. The number of nitrogens with one attached hydrogen (secondary N) is 1. The Kier molecular flexibility index (Phi) is 8.57. The molecule has 2 aromatic carbocycles. The van der Waals surface area contributed by atoms with Crippen LogP contribution in [-0.2, 0) is 11.2 Å². The number of likely N-dealkylation sites (tertiary alicyclic amines) is 3. The molecule has 204 valence electrons. The summed E-state index contributed by atoms with van der Waals surface area (Å²) in [5.41, 5.74) is 1.64. The number of hydrogen-bond donors (Lipinski definition) is 1. The van der Waals surface area contributed by atoms with E-state index in [0.29, 0.717) is 31.0 Å². The van der Waals surface area contributed by atoms with Gasteiger partial charge in [-0.1, -0.05) is 30.3 Å². The zero-order valence-corrected chi connectivity index (χ0v) is 22.0. The lowest BCUT2D eigenvalue weighted by Crippen LogP contribution is -2.51. The van der Waals surface area contributed by atoms with Gasteiger partial charge in [0.05, 0.1) is 0 Å². The molecule has 0 aliphatic carbocycles. The highest BCUT2D eigenvalue weighted by atomic mass is 19.2. The summed E-state index contributed by atoms with van der Waals surface area (Å²) in [5, 5.41) is 2.66. The van der Waals surface area contributed by atoms with Gasteiger partial charge in [-0.2, -0.15) is 0 Å². The van der Waals surface area contributed by atoms with E-state index in [1.807, 2.05) is 0 Å². The van der Waals surface area contributed by atoms with Crippen LogP contribution >= 0.6 is 0 Å². The summed E-state index contributed by atoms with van der Waals surface area (Å²) < 4.78 is 26.6. The lowest BCUT2D eigenvalue weighted by molar-refractivity contribution is -0.138. The third kappa shape index (κ3) is 6.52. The van der Waals surface area contributed by atoms with Crippen LogP contribution in [-0.4, -0.2) is 71.9 Å². The number of anilines is 1. The van der Waals surface area contributed by atoms with Crippen molar-refractivity contribution in [1.29, 1.82) is 0 Å². The van der Waals surface area contributed by atoms with Gasteiger partial charge >= 0.3 is 6.03 Å². The number of urea groups is 1. The smallest absolute Gasteiger partial charge is 0.321 e. The zero-order valence-electron chi connectivity index (χ0n) is 22.0. The van der Waals surface area contributed by atoms with E-state index in [-0.39, 0.29) is 17.6 Å². The first-order chi connectivity index (χ1) is 18.5. The molecular weight excluding hydrogens is 486 g/mol. The van der Waals surface area contributed by atoms with E-state index >= 15 is 0 Å². The summed E-state index contributed by atoms with van der Waals surface area (Å²) in [4.78, 5) is 32.1. The quantitative estimate of drug-likeness (QED) is 0.588. The number of amides is 3. The van der Waals surface area contributed by atoms with E-state index < -0.39 is 11.6 Å². The molecule has 0 unspecified atom stereocenters. The molecule has 0 aromatic heterocycles. The Balaban J connectivity index is 1.01. The molecule has 2 aromatic rings. The average Bonchev–Trinajstić information content (AvgIpc) is 2.96. The van der Waals surface area contributed by atoms with Crippen LogP contribution in [0.25, 0.3) is 0 Å². The first-order valence-corrected chi connectivity index (χ1v) is 14.0. The molecule has 0 saturated carbocycles. The van der Waals surface area contributed by atoms with Gasteiger partial charge in [0, 0.05) is 49.9 Å². The third-order valence-corrected chi connectivity index (χ3v) is 8.61. The van der Waals surface area contributed by atoms with Crippen LogP contribution in [0.15, 0.2) is 48.5 Å². The largest absolute Gasteiger partial charge is 0.342 e. The molecule has 1 N–H and O–H groups in total. The second-order valence-electron chi connectivity index (χ2n) is 11.0. The number of rotatable bonds is 5. The van der Waals surface area contributed by atoms with Gasteiger partial charge in [0.25, 0.3) is 0 Å². The van der Waals surface area contributed by atoms with E-state index in [0.717, 1.165) is 83.3 Å². The highest BCUT2D eigenvalue weighted by molar-refractivity contribution is 5.89. The first-order valence-electron chi connectivity index (χ1n) is 14.0. The molecule has 38 heavy (non-hydrogen) atoms. The van der Waals surface area contributed by atoms with Crippen LogP contribution < -0.4 is 5.32 Å². The SMILES string of the molecule is O=C(Nc1ccc(F)c(F)c1)N1CCC(N2CCC(C(=O)N3CCC(Cc4ccccc4)CC3)CC2)CC1. The highest BCUT2D eigenvalue weighted by Gasteiger charge is 2.34. The van der Waals surface area contributed by atoms with Crippen LogP contribution in [0, 0.1) is 23.5 Å². The predicted octanol–water partition coefficient (Wildman–Crippen LogP) is 5.15. The normalized spacial score (nSPS) is 20.5. The van der Waals surface area contributed by atoms with Gasteiger partial charge in [-0.3, -0.25) is 4.79 Å². The molecule has 5 rings (SSSR count). The van der Waals surface area contributed by atoms with Crippen LogP contribution in [0.1, 0.15) is 44.1 Å². The maximum atomic E-state index is 13.4. The number of carbonyl (C=O) groups excluding carboxylic acids is 2. The molecule has 0 radical (unpaired) electrons. The van der Waals surface area contributed by atoms with E-state index in [9.17, 15) is 18.4 Å². The summed E-state index contributed by atoms with van der Waals surface area (Å²) in [6, 6.07) is 14.1. The lowest BCUT2D eigenvalue weighted by atomic mass is 9.88. The molecule has 3 amide bonds. The van der Waals surface area contributed by atoms with Gasteiger partial charge in [0.15, 0.2) is 11.6 Å². The number of nitrogens with zero attached hydrogens (tertiary/aromatic N) is 3. The minimum atomic E-state index is -0.976. The minimum absolute atomic E-state index is 0.124. The summed E-state index contributed by atoms with van der Waals surface area (Å²) in [6.45, 7) is 4.84. The first kappa shape index (κ1) is 26.6. The van der Waals surface area contributed by atoms with Crippen molar-refractivity contribution >= 4 is 17.6 Å². The molecule has 3 heterocycles. The zero-order chi connectivity index (χ0) is 26.5. The monoisotopic (exact) mass is 524 g/mol. The van der Waals surface area contributed by atoms with Crippen molar-refractivity contribution in [2.75, 3.05) is 44.6 Å². The molecule has 3 aliphatic rings. The van der Waals surface area contributed by atoms with Crippen LogP contribution in [0.5, 0.6) is 0 Å². The molecule has 0 atom stereocenters. The van der Waals surface area contributed by atoms with E-state index in [1.54, 1.807) is 4.90 Å². The topological polar surface area (TPSA) is 55.9 Å². The number of carbonyl (C=O) groups is 2. The van der Waals surface area contributed by atoms with Gasteiger partial charge in [-0.15, -0.1) is 0 Å². The summed E-state index contributed by atoms with van der Waals surface area (Å²) >= 11 is 0. The average molecular weight is 525 g/mol. The van der Waals surface area contributed by atoms with Crippen molar-refractivity contribution in [3.63, 3.8) is 0 Å². The van der Waals surface area contributed by atoms with Crippen molar-refractivity contribution in [3.05, 3.63) is 65.7 Å². The Morgan fingerprint density at radius 1 is 0.763 bits per heavy atom. The second kappa shape index (κ2) is 12.2. The van der Waals surface area contributed by atoms with Gasteiger partial charge in [-0.05, 0) is 81.6 Å². The number of hydrogen-bond acceptors (Lipinski definition) is 3. The molecule has 3 saturated heterocycles. The van der Waals surface area contributed by atoms with E-state index in [1.165, 1.54) is 11.6 Å². The van der Waals surface area contributed by atoms with Crippen molar-refractivity contribution in [1.82, 2.24) is 14.7 Å². The van der Waals surface area contributed by atoms with Crippen LogP contribution in [0.2, 0.25) is 0 Å². The molecule has 6 nitrogen and oxygen atoms in total. The summed E-state index contributed by atoms with van der Waals surface area (Å²) in [6.07, 6.45) is 6.83. The molecule has 8 heteroatoms. The van der Waals surface area contributed by atoms with Gasteiger partial charge in [0.1, 0.15) is 0 Å². The Morgan fingerprint density at radius 3 is 2.08 bits per heavy atom. The van der Waals surface area contributed by atoms with Gasteiger partial charge < -0.3 is 20.0 Å². The van der Waals surface area contributed by atoms with Crippen molar-refractivity contribution in [2.24, 2.45) is 11.8 Å². The third-order valence-electron chi connectivity index (χ3n) is 8.61. The van der Waals surface area contributed by atoms with Crippen molar-refractivity contribution < 1.29 is 18.4 Å². The Bertz CT molecular complexity index is 1090. The fourth-order valence-corrected chi connectivity index (χ4v) is 6.29. The van der Waals surface area contributed by atoms with Crippen LogP contribution in [0.3, 0.4) is 0 Å². The Hall–Kier alpha value is -3.00. The fourth-order valence-electron chi connectivity index (χ4n) is 6.29. The maximum Gasteiger partial charge on any atom is 0.321 e. The second-order valence-corrected chi connectivity index (χ2v) is 11.0. The highest BCUT2D eigenvalue weighted by Crippen LogP contribution is 2.28. The predicted molar refractivity (Wildman–Crippen MR) is 144 cm³/mol. The molecular formula is C30H38F2N4O2. The minimum Gasteiger partial charge on any atom is -0.342 e. The lowest BCUT2D eigenvalue weighted by Gasteiger charge is -2.42. The standard InChI is InChI=1S/C30H38F2N4O2/c31-27-7-6-25(21-28(27)32)33-30(38)36-18-12-26(13-19-36)34-16-10-24(11-17-34)29(37)35-14-8-23(9-15-35)20-22-4-2-1-3-5-22/h1-7,21,23-24,26H,8-20H2,(H,33,38). The van der Waals surface area contributed by atoms with E-state index in [4.69, 9.17) is 0 Å². The molecule has 3 fully saturated rings. The Labute approximate surface area is 224 Å². The van der Waals surface area contributed by atoms with Crippen LogP contribution in [0.4, 0.5) is 19.3 Å². The maximum absolute atomic E-state index is 13.4. The van der Waals surface area contributed by atoms with Crippen molar-refractivity contribution in [2.45, 2.75) is 51.0 Å². The molecule has 3 aliphatic heterocycles. The molecule has 0 spiro atoms. The van der Waals surface area contributed by atoms with E-state index in [2.05, 4.69) is 45.4 Å². The summed E-state index contributed by atoms with van der Waals surface area (Å²) in [7, 11) is 0. The fraction of sp³-hybridized carbons (Fsp3) is 0.533. The van der Waals surface area contributed by atoms with Crippen molar-refractivity contribution in [3.8, 4) is 0 Å². The number of halogens is 2. The van der Waals surface area contributed by atoms with Gasteiger partial charge in [0.2, 0.25) is 5.91 Å². The van der Waals surface area contributed by atoms with Gasteiger partial charge in [-0.25, -0.2) is 13.6 Å². The number of benzene rings is 2.